The van der Waals surface area contributed by atoms with E-state index in [2.05, 4.69) is 16.4 Å². The Balaban J connectivity index is 1.59. The van der Waals surface area contributed by atoms with Crippen molar-refractivity contribution in [2.24, 2.45) is 0 Å². The van der Waals surface area contributed by atoms with Crippen molar-refractivity contribution in [1.29, 1.82) is 5.26 Å². The summed E-state index contributed by atoms with van der Waals surface area (Å²) in [7, 11) is 4.60. The first-order chi connectivity index (χ1) is 20.9. The minimum absolute atomic E-state index is 0.0463. The Hall–Kier alpha value is -4.60. The molecular weight excluding hydrogens is 588 g/mol. The number of hydrogen-bond acceptors (Lipinski definition) is 11. The minimum Gasteiger partial charge on any atom is -0.493 e. The van der Waals surface area contributed by atoms with Gasteiger partial charge in [0.05, 0.1) is 51.3 Å². The van der Waals surface area contributed by atoms with Crippen LogP contribution in [0.1, 0.15) is 24.6 Å². The van der Waals surface area contributed by atoms with Crippen LogP contribution in [-0.2, 0) is 20.7 Å². The third-order valence-corrected chi connectivity index (χ3v) is 7.92. The molecule has 0 spiro atoms. The standard InChI is InChI=1S/C31H30N4O6S2/c1-5-41-28(37)15-21-18-43-31(33-21)35-27(36)11-12-42-30-23(17-32)22(16-24(34-30)19-9-7-6-8-10-19)20-13-25(38-2)29(40-4)26(14-20)39-3/h6-10,13-14,16,18H,5,11-12,15H2,1-4H3,(H,33,35,36). The fourth-order valence-electron chi connectivity index (χ4n) is 4.18. The molecule has 0 bridgehead atoms. The molecule has 0 aliphatic rings. The van der Waals surface area contributed by atoms with Crippen molar-refractivity contribution in [1.82, 2.24) is 9.97 Å². The van der Waals surface area contributed by atoms with E-state index in [4.69, 9.17) is 23.9 Å². The van der Waals surface area contributed by atoms with Crippen molar-refractivity contribution in [3.8, 4) is 45.7 Å². The number of thioether (sulfide) groups is 1. The number of pyridine rings is 1. The molecule has 0 aliphatic heterocycles. The summed E-state index contributed by atoms with van der Waals surface area (Å²) in [4.78, 5) is 33.5. The second-order valence-electron chi connectivity index (χ2n) is 8.90. The van der Waals surface area contributed by atoms with Crippen LogP contribution in [0.15, 0.2) is 58.9 Å². The van der Waals surface area contributed by atoms with Gasteiger partial charge in [0, 0.05) is 28.7 Å². The molecule has 0 saturated carbocycles. The summed E-state index contributed by atoms with van der Waals surface area (Å²) in [5.41, 5.74) is 3.78. The lowest BCUT2D eigenvalue weighted by Gasteiger charge is -2.16. The second-order valence-corrected chi connectivity index (χ2v) is 10.8. The Morgan fingerprint density at radius 2 is 1.72 bits per heavy atom. The lowest BCUT2D eigenvalue weighted by molar-refractivity contribution is -0.142. The number of ether oxygens (including phenoxy) is 4. The van der Waals surface area contributed by atoms with Gasteiger partial charge < -0.3 is 24.3 Å². The fraction of sp³-hybridized carbons (Fsp3) is 0.258. The van der Waals surface area contributed by atoms with Crippen LogP contribution in [0.25, 0.3) is 22.4 Å². The quantitative estimate of drug-likeness (QED) is 0.141. The summed E-state index contributed by atoms with van der Waals surface area (Å²) in [5.74, 6) is 1.10. The predicted molar refractivity (Wildman–Crippen MR) is 166 cm³/mol. The molecule has 0 aliphatic carbocycles. The number of methoxy groups -OCH3 is 3. The van der Waals surface area contributed by atoms with Crippen LogP contribution in [0.2, 0.25) is 0 Å². The number of esters is 1. The van der Waals surface area contributed by atoms with Gasteiger partial charge in [0.1, 0.15) is 11.1 Å². The number of carbonyl (C=O) groups excluding carboxylic acids is 2. The van der Waals surface area contributed by atoms with E-state index in [-0.39, 0.29) is 24.7 Å². The third kappa shape index (κ3) is 7.82. The number of rotatable bonds is 13. The summed E-state index contributed by atoms with van der Waals surface area (Å²) in [5, 5.41) is 15.6. The number of nitrogens with one attached hydrogen (secondary N) is 1. The monoisotopic (exact) mass is 618 g/mol. The third-order valence-electron chi connectivity index (χ3n) is 6.14. The summed E-state index contributed by atoms with van der Waals surface area (Å²) in [6.45, 7) is 2.04. The molecule has 222 valence electrons. The Morgan fingerprint density at radius 1 is 1.00 bits per heavy atom. The first-order valence-electron chi connectivity index (χ1n) is 13.2. The van der Waals surface area contributed by atoms with Gasteiger partial charge in [-0.25, -0.2) is 9.97 Å². The van der Waals surface area contributed by atoms with E-state index >= 15 is 0 Å². The first-order valence-corrected chi connectivity index (χ1v) is 15.1. The van der Waals surface area contributed by atoms with E-state index in [1.807, 2.05) is 36.4 Å². The number of benzene rings is 2. The van der Waals surface area contributed by atoms with Gasteiger partial charge in [0.25, 0.3) is 0 Å². The van der Waals surface area contributed by atoms with Gasteiger partial charge >= 0.3 is 5.97 Å². The molecule has 0 radical (unpaired) electrons. The molecule has 0 fully saturated rings. The first kappa shape index (κ1) is 31.3. The number of anilines is 1. The highest BCUT2D eigenvalue weighted by Crippen LogP contribution is 2.43. The van der Waals surface area contributed by atoms with E-state index in [1.54, 1.807) is 24.4 Å². The molecule has 0 saturated heterocycles. The molecule has 0 atom stereocenters. The lowest BCUT2D eigenvalue weighted by Crippen LogP contribution is -2.12. The maximum atomic E-state index is 12.7. The van der Waals surface area contributed by atoms with Crippen LogP contribution < -0.4 is 19.5 Å². The van der Waals surface area contributed by atoms with Crippen LogP contribution in [0, 0.1) is 11.3 Å². The summed E-state index contributed by atoms with van der Waals surface area (Å²) in [6.07, 6.45) is 0.198. The summed E-state index contributed by atoms with van der Waals surface area (Å²) < 4.78 is 21.5. The number of aromatic nitrogens is 2. The van der Waals surface area contributed by atoms with Gasteiger partial charge in [-0.3, -0.25) is 9.59 Å². The molecule has 4 rings (SSSR count). The topological polar surface area (TPSA) is 133 Å². The van der Waals surface area contributed by atoms with Gasteiger partial charge in [0.2, 0.25) is 11.7 Å². The van der Waals surface area contributed by atoms with Gasteiger partial charge in [0.15, 0.2) is 16.6 Å². The Morgan fingerprint density at radius 3 is 2.35 bits per heavy atom. The minimum atomic E-state index is -0.369. The molecule has 1 N–H and O–H groups in total. The highest BCUT2D eigenvalue weighted by molar-refractivity contribution is 7.99. The Bertz CT molecular complexity index is 1610. The predicted octanol–water partition coefficient (Wildman–Crippen LogP) is 6.00. The van der Waals surface area contributed by atoms with Gasteiger partial charge in [-0.2, -0.15) is 5.26 Å². The number of hydrogen-bond donors (Lipinski definition) is 1. The molecular formula is C31H30N4O6S2. The molecule has 10 nitrogen and oxygen atoms in total. The number of amides is 1. The number of nitriles is 1. The van der Waals surface area contributed by atoms with Crippen molar-refractivity contribution in [2.45, 2.75) is 24.8 Å². The van der Waals surface area contributed by atoms with Crippen LogP contribution in [0.4, 0.5) is 5.13 Å². The smallest absolute Gasteiger partial charge is 0.311 e. The summed E-state index contributed by atoms with van der Waals surface area (Å²) in [6, 6.07) is 17.4. The van der Waals surface area contributed by atoms with Crippen molar-refractivity contribution in [2.75, 3.05) is 39.0 Å². The molecule has 0 unspecified atom stereocenters. The fourth-order valence-corrected chi connectivity index (χ4v) is 5.85. The highest BCUT2D eigenvalue weighted by atomic mass is 32.2. The molecule has 2 heterocycles. The molecule has 2 aromatic heterocycles. The SMILES string of the molecule is CCOC(=O)Cc1csc(NC(=O)CCSc2nc(-c3ccccc3)cc(-c3cc(OC)c(OC)c(OC)c3)c2C#N)n1. The van der Waals surface area contributed by atoms with Crippen molar-refractivity contribution in [3.05, 3.63) is 65.2 Å². The van der Waals surface area contributed by atoms with Crippen LogP contribution in [-0.4, -0.2) is 55.5 Å². The number of thiazole rings is 1. The van der Waals surface area contributed by atoms with E-state index in [0.717, 1.165) is 5.56 Å². The molecule has 4 aromatic rings. The zero-order chi connectivity index (χ0) is 30.8. The highest BCUT2D eigenvalue weighted by Gasteiger charge is 2.20. The van der Waals surface area contributed by atoms with Crippen molar-refractivity contribution in [3.63, 3.8) is 0 Å². The van der Waals surface area contributed by atoms with E-state index < -0.39 is 0 Å². The molecule has 43 heavy (non-hydrogen) atoms. The maximum Gasteiger partial charge on any atom is 0.311 e. The van der Waals surface area contributed by atoms with E-state index in [0.29, 0.717) is 67.8 Å². The van der Waals surface area contributed by atoms with Gasteiger partial charge in [-0.15, -0.1) is 23.1 Å². The normalized spacial score (nSPS) is 10.5. The maximum absolute atomic E-state index is 12.7. The number of nitrogens with zero attached hydrogens (tertiary/aromatic N) is 3. The van der Waals surface area contributed by atoms with Crippen LogP contribution in [0.5, 0.6) is 17.2 Å². The van der Waals surface area contributed by atoms with Gasteiger partial charge in [-0.1, -0.05) is 30.3 Å². The average Bonchev–Trinajstić information content (AvgIpc) is 3.46. The molecule has 12 heteroatoms. The average molecular weight is 619 g/mol. The zero-order valence-electron chi connectivity index (χ0n) is 24.1. The van der Waals surface area contributed by atoms with E-state index in [1.165, 1.54) is 44.4 Å². The van der Waals surface area contributed by atoms with Crippen molar-refractivity contribution < 1.29 is 28.5 Å². The van der Waals surface area contributed by atoms with Crippen LogP contribution in [0.3, 0.4) is 0 Å². The summed E-state index contributed by atoms with van der Waals surface area (Å²) >= 11 is 2.55. The van der Waals surface area contributed by atoms with E-state index in [9.17, 15) is 14.9 Å². The van der Waals surface area contributed by atoms with Gasteiger partial charge in [-0.05, 0) is 30.7 Å². The Labute approximate surface area is 258 Å². The largest absolute Gasteiger partial charge is 0.493 e. The Kier molecular flexibility index (Phi) is 11.0. The van der Waals surface area contributed by atoms with Crippen LogP contribution >= 0.6 is 23.1 Å². The molecule has 1 amide bonds. The second kappa shape index (κ2) is 15.0. The number of carbonyl (C=O) groups is 2. The zero-order valence-corrected chi connectivity index (χ0v) is 25.8. The van der Waals surface area contributed by atoms with Crippen molar-refractivity contribution >= 4 is 40.1 Å². The molecule has 2 aromatic carbocycles. The lowest BCUT2D eigenvalue weighted by atomic mass is 9.98.